The van der Waals surface area contributed by atoms with Gasteiger partial charge in [-0.1, -0.05) is 13.0 Å². The van der Waals surface area contributed by atoms with E-state index in [1.165, 1.54) is 0 Å². The van der Waals surface area contributed by atoms with Crippen LogP contribution in [-0.4, -0.2) is 34.1 Å². The number of fused-ring (bicyclic) bond motifs is 1. The third kappa shape index (κ3) is 4.56. The number of aryl methyl sites for hydroxylation is 1. The third-order valence-corrected chi connectivity index (χ3v) is 3.71. The topological polar surface area (TPSA) is 83.4 Å². The molecule has 2 unspecified atom stereocenters. The number of hydrogen-bond acceptors (Lipinski definition) is 3. The number of aliphatic hydroxyl groups excluding tert-OH is 1. The molecule has 2 atom stereocenters. The minimum atomic E-state index is -0.692. The van der Waals surface area contributed by atoms with Crippen LogP contribution in [0.15, 0.2) is 30.5 Å². The van der Waals surface area contributed by atoms with Crippen LogP contribution in [-0.2, 0) is 16.6 Å². The van der Waals surface area contributed by atoms with Gasteiger partial charge < -0.3 is 20.3 Å². The predicted molar refractivity (Wildman–Crippen MR) is 90.0 cm³/mol. The lowest BCUT2D eigenvalue weighted by atomic mass is 10.0. The van der Waals surface area contributed by atoms with Crippen LogP contribution in [0.5, 0.6) is 0 Å². The number of anilines is 1. The molecule has 0 aliphatic heterocycles. The highest BCUT2D eigenvalue weighted by Crippen LogP contribution is 2.19. The molecule has 0 fully saturated rings. The van der Waals surface area contributed by atoms with E-state index < -0.39 is 17.9 Å². The first kappa shape index (κ1) is 17.0. The Balaban J connectivity index is 1.92. The molecule has 0 saturated heterocycles. The van der Waals surface area contributed by atoms with E-state index in [9.17, 15) is 14.7 Å². The van der Waals surface area contributed by atoms with Crippen LogP contribution in [0.4, 0.5) is 5.69 Å². The van der Waals surface area contributed by atoms with Crippen molar-refractivity contribution in [1.82, 2.24) is 9.88 Å². The molecule has 23 heavy (non-hydrogen) atoms. The van der Waals surface area contributed by atoms with Crippen molar-refractivity contribution in [2.75, 3.05) is 11.9 Å². The molecule has 6 heteroatoms. The number of rotatable bonds is 5. The lowest BCUT2D eigenvalue weighted by molar-refractivity contribution is -0.136. The molecule has 2 rings (SSSR count). The maximum Gasteiger partial charge on any atom is 0.313 e. The number of nitrogens with zero attached hydrogens (tertiary/aromatic N) is 1. The van der Waals surface area contributed by atoms with Crippen molar-refractivity contribution < 1.29 is 14.7 Å². The van der Waals surface area contributed by atoms with Gasteiger partial charge in [-0.05, 0) is 42.8 Å². The van der Waals surface area contributed by atoms with Gasteiger partial charge in [0, 0.05) is 31.0 Å². The van der Waals surface area contributed by atoms with Crippen molar-refractivity contribution in [3.05, 3.63) is 30.5 Å². The highest BCUT2D eigenvalue weighted by Gasteiger charge is 2.15. The molecule has 1 aromatic heterocycles. The molecule has 1 heterocycles. The molecular weight excluding hydrogens is 294 g/mol. The second-order valence-electron chi connectivity index (χ2n) is 6.05. The van der Waals surface area contributed by atoms with Crippen LogP contribution in [0.25, 0.3) is 10.9 Å². The quantitative estimate of drug-likeness (QED) is 0.733. The summed E-state index contributed by atoms with van der Waals surface area (Å²) in [5, 5.41) is 15.5. The van der Waals surface area contributed by atoms with Crippen LogP contribution >= 0.6 is 0 Å². The number of hydrogen-bond donors (Lipinski definition) is 3. The molecule has 124 valence electrons. The lowest BCUT2D eigenvalue weighted by Gasteiger charge is -2.14. The number of amides is 2. The van der Waals surface area contributed by atoms with E-state index >= 15 is 0 Å². The predicted octanol–water partition coefficient (Wildman–Crippen LogP) is 1.64. The van der Waals surface area contributed by atoms with Crippen LogP contribution in [0.3, 0.4) is 0 Å². The average Bonchev–Trinajstić information content (AvgIpc) is 2.85. The highest BCUT2D eigenvalue weighted by atomic mass is 16.3. The second kappa shape index (κ2) is 7.28. The van der Waals surface area contributed by atoms with E-state index in [0.717, 1.165) is 10.9 Å². The van der Waals surface area contributed by atoms with E-state index in [-0.39, 0.29) is 5.92 Å². The number of aliphatic hydroxyl groups is 1. The van der Waals surface area contributed by atoms with Gasteiger partial charge in [0.1, 0.15) is 0 Å². The maximum absolute atomic E-state index is 11.9. The molecule has 0 spiro atoms. The molecule has 0 aliphatic carbocycles. The molecule has 3 N–H and O–H groups in total. The summed E-state index contributed by atoms with van der Waals surface area (Å²) in [6, 6.07) is 7.48. The van der Waals surface area contributed by atoms with Gasteiger partial charge in [-0.15, -0.1) is 0 Å². The molecule has 2 amide bonds. The number of benzene rings is 1. The smallest absolute Gasteiger partial charge is 0.313 e. The van der Waals surface area contributed by atoms with Gasteiger partial charge in [-0.3, -0.25) is 9.59 Å². The standard InChI is InChI=1S/C17H23N3O3/c1-11(8-12(2)21)10-18-16(22)17(23)19-14-5-4-13-6-7-20(3)15(13)9-14/h4-7,9,11-12,21H,8,10H2,1-3H3,(H,18,22)(H,19,23). The Bertz CT molecular complexity index is 706. The van der Waals surface area contributed by atoms with Crippen molar-refractivity contribution in [3.63, 3.8) is 0 Å². The van der Waals surface area contributed by atoms with Gasteiger partial charge in [-0.2, -0.15) is 0 Å². The normalized spacial score (nSPS) is 13.6. The summed E-state index contributed by atoms with van der Waals surface area (Å²) >= 11 is 0. The summed E-state index contributed by atoms with van der Waals surface area (Å²) in [6.07, 6.45) is 2.09. The molecule has 0 radical (unpaired) electrons. The largest absolute Gasteiger partial charge is 0.393 e. The first-order valence-corrected chi connectivity index (χ1v) is 7.69. The lowest BCUT2D eigenvalue weighted by Crippen LogP contribution is -2.38. The first-order chi connectivity index (χ1) is 10.9. The molecule has 0 bridgehead atoms. The molecule has 0 saturated carbocycles. The van der Waals surface area contributed by atoms with Crippen LogP contribution in [0, 0.1) is 5.92 Å². The monoisotopic (exact) mass is 317 g/mol. The molecule has 2 aromatic rings. The highest BCUT2D eigenvalue weighted by molar-refractivity contribution is 6.39. The Hall–Kier alpha value is -2.34. The zero-order valence-electron chi connectivity index (χ0n) is 13.7. The summed E-state index contributed by atoms with van der Waals surface area (Å²) in [6.45, 7) is 3.97. The Labute approximate surface area is 135 Å². The summed E-state index contributed by atoms with van der Waals surface area (Å²) < 4.78 is 1.95. The van der Waals surface area contributed by atoms with Crippen molar-refractivity contribution in [2.45, 2.75) is 26.4 Å². The van der Waals surface area contributed by atoms with Gasteiger partial charge in [0.2, 0.25) is 0 Å². The maximum atomic E-state index is 11.9. The molecule has 0 aliphatic rings. The van der Waals surface area contributed by atoms with Gasteiger partial charge in [-0.25, -0.2) is 0 Å². The summed E-state index contributed by atoms with van der Waals surface area (Å²) in [4.78, 5) is 23.8. The van der Waals surface area contributed by atoms with Gasteiger partial charge in [0.05, 0.1) is 6.10 Å². The Morgan fingerprint density at radius 3 is 2.65 bits per heavy atom. The van der Waals surface area contributed by atoms with E-state index in [1.807, 2.05) is 42.9 Å². The molecule has 1 aromatic carbocycles. The summed E-state index contributed by atoms with van der Waals surface area (Å²) in [5.41, 5.74) is 1.56. The fourth-order valence-electron chi connectivity index (χ4n) is 2.54. The fourth-order valence-corrected chi connectivity index (χ4v) is 2.54. The number of carbonyl (C=O) groups is 2. The Morgan fingerprint density at radius 1 is 1.22 bits per heavy atom. The second-order valence-corrected chi connectivity index (χ2v) is 6.05. The molecular formula is C17H23N3O3. The van der Waals surface area contributed by atoms with Crippen molar-refractivity contribution in [1.29, 1.82) is 0 Å². The van der Waals surface area contributed by atoms with E-state index in [1.54, 1.807) is 13.0 Å². The van der Waals surface area contributed by atoms with E-state index in [4.69, 9.17) is 0 Å². The van der Waals surface area contributed by atoms with Crippen molar-refractivity contribution in [2.24, 2.45) is 13.0 Å². The van der Waals surface area contributed by atoms with Gasteiger partial charge >= 0.3 is 11.8 Å². The zero-order chi connectivity index (χ0) is 17.0. The summed E-state index contributed by atoms with van der Waals surface area (Å²) in [5.74, 6) is -1.26. The third-order valence-electron chi connectivity index (χ3n) is 3.71. The molecule has 6 nitrogen and oxygen atoms in total. The SMILES string of the molecule is CC(O)CC(C)CNC(=O)C(=O)Nc1ccc2ccn(C)c2c1. The van der Waals surface area contributed by atoms with Crippen LogP contribution < -0.4 is 10.6 Å². The number of nitrogens with one attached hydrogen (secondary N) is 2. The minimum Gasteiger partial charge on any atom is -0.393 e. The summed E-state index contributed by atoms with van der Waals surface area (Å²) in [7, 11) is 1.92. The van der Waals surface area contributed by atoms with Crippen molar-refractivity contribution >= 4 is 28.4 Å². The number of aromatic nitrogens is 1. The first-order valence-electron chi connectivity index (χ1n) is 7.69. The Morgan fingerprint density at radius 2 is 1.96 bits per heavy atom. The minimum absolute atomic E-state index is 0.103. The average molecular weight is 317 g/mol. The van der Waals surface area contributed by atoms with E-state index in [2.05, 4.69) is 10.6 Å². The van der Waals surface area contributed by atoms with E-state index in [0.29, 0.717) is 18.7 Å². The zero-order valence-corrected chi connectivity index (χ0v) is 13.7. The fraction of sp³-hybridized carbons (Fsp3) is 0.412. The van der Waals surface area contributed by atoms with Crippen LogP contribution in [0.2, 0.25) is 0 Å². The Kier molecular flexibility index (Phi) is 5.39. The van der Waals surface area contributed by atoms with Crippen LogP contribution in [0.1, 0.15) is 20.3 Å². The van der Waals surface area contributed by atoms with Gasteiger partial charge in [0.25, 0.3) is 0 Å². The van der Waals surface area contributed by atoms with Gasteiger partial charge in [0.15, 0.2) is 0 Å². The number of carbonyl (C=O) groups excluding carboxylic acids is 2. The van der Waals surface area contributed by atoms with Crippen molar-refractivity contribution in [3.8, 4) is 0 Å².